The summed E-state index contributed by atoms with van der Waals surface area (Å²) in [6, 6.07) is 6.95. The number of rotatable bonds is 2. The highest BCUT2D eigenvalue weighted by Gasteiger charge is 2.20. The van der Waals surface area contributed by atoms with Gasteiger partial charge in [-0.1, -0.05) is 12.1 Å². The van der Waals surface area contributed by atoms with Gasteiger partial charge in [0.2, 0.25) is 0 Å². The molecule has 7 nitrogen and oxygen atoms in total. The normalized spacial score (nSPS) is 12.7. The van der Waals surface area contributed by atoms with Crippen molar-refractivity contribution in [1.29, 1.82) is 0 Å². The summed E-state index contributed by atoms with van der Waals surface area (Å²) in [6.45, 7) is 0. The van der Waals surface area contributed by atoms with E-state index < -0.39 is 30.0 Å². The number of nitrogen functional groups attached to an aromatic ring is 1. The van der Waals surface area contributed by atoms with Crippen molar-refractivity contribution in [2.75, 3.05) is 5.73 Å². The van der Waals surface area contributed by atoms with E-state index in [1.165, 1.54) is 12.1 Å². The van der Waals surface area contributed by atoms with Crippen LogP contribution in [0, 0.1) is 6.07 Å². The molecule has 101 valence electrons. The number of hydrogen-bond acceptors (Lipinski definition) is 5. The lowest BCUT2D eigenvalue weighted by Crippen LogP contribution is -2.04. The Hall–Kier alpha value is -1.68. The van der Waals surface area contributed by atoms with Crippen molar-refractivity contribution in [3.05, 3.63) is 30.3 Å². The number of nitrogens with two attached hydrogens (primary N) is 1. The minimum absolute atomic E-state index is 0.105. The van der Waals surface area contributed by atoms with Gasteiger partial charge in [-0.3, -0.25) is 9.11 Å². The van der Waals surface area contributed by atoms with Gasteiger partial charge in [0.15, 0.2) is 0 Å². The van der Waals surface area contributed by atoms with Gasteiger partial charge in [-0.15, -0.1) is 0 Å². The Morgan fingerprint density at radius 1 is 1.00 bits per heavy atom. The predicted octanol–water partition coefficient (Wildman–Crippen LogP) is 0.716. The van der Waals surface area contributed by atoms with Gasteiger partial charge in [-0.2, -0.15) is 16.8 Å². The maximum Gasteiger partial charge on any atom is 0.295 e. The minimum atomic E-state index is -4.59. The third-order valence-electron chi connectivity index (χ3n) is 2.40. The summed E-state index contributed by atoms with van der Waals surface area (Å²) in [4.78, 5) is -1.09. The first-order valence-electron chi connectivity index (χ1n) is 4.80. The van der Waals surface area contributed by atoms with E-state index >= 15 is 0 Å². The zero-order valence-corrected chi connectivity index (χ0v) is 10.9. The molecule has 0 fully saturated rings. The van der Waals surface area contributed by atoms with Crippen molar-refractivity contribution < 1.29 is 25.9 Å². The Bertz CT molecular complexity index is 870. The van der Waals surface area contributed by atoms with Crippen LogP contribution >= 0.6 is 0 Å². The third-order valence-corrected chi connectivity index (χ3v) is 4.19. The maximum atomic E-state index is 11.2. The molecule has 0 unspecified atom stereocenters. The van der Waals surface area contributed by atoms with E-state index in [2.05, 4.69) is 6.07 Å². The summed E-state index contributed by atoms with van der Waals surface area (Å²) < 4.78 is 63.0. The Labute approximate surface area is 109 Å². The standard InChI is InChI=1S/C10H8NO6S2/c11-6-4-8-7(10(5-6)19(15,16)17)2-1-3-9(8)18(12,13)14/h1-3,5H,11H2,(H,12,13,14)(H,15,16,17). The molecule has 19 heavy (non-hydrogen) atoms. The van der Waals surface area contributed by atoms with Crippen LogP contribution < -0.4 is 5.73 Å². The second kappa shape index (κ2) is 4.17. The second-order valence-electron chi connectivity index (χ2n) is 3.72. The van der Waals surface area contributed by atoms with Crippen molar-refractivity contribution >= 4 is 36.7 Å². The van der Waals surface area contributed by atoms with Gasteiger partial charge >= 0.3 is 0 Å². The number of fused-ring (bicyclic) bond motifs is 1. The van der Waals surface area contributed by atoms with Gasteiger partial charge in [0.25, 0.3) is 20.2 Å². The molecule has 0 heterocycles. The van der Waals surface area contributed by atoms with Crippen LogP contribution in [0.4, 0.5) is 5.69 Å². The van der Waals surface area contributed by atoms with E-state index in [9.17, 15) is 16.8 Å². The first-order chi connectivity index (χ1) is 8.60. The van der Waals surface area contributed by atoms with Crippen molar-refractivity contribution in [3.63, 3.8) is 0 Å². The molecule has 0 saturated carbocycles. The fourth-order valence-corrected chi connectivity index (χ4v) is 3.09. The van der Waals surface area contributed by atoms with E-state index in [-0.39, 0.29) is 16.5 Å². The number of benzene rings is 2. The Morgan fingerprint density at radius 3 is 2.11 bits per heavy atom. The Morgan fingerprint density at radius 2 is 1.58 bits per heavy atom. The molecule has 4 N–H and O–H groups in total. The summed E-state index contributed by atoms with van der Waals surface area (Å²) in [5.41, 5.74) is 5.24. The fraction of sp³-hybridized carbons (Fsp3) is 0. The van der Waals surface area contributed by atoms with Crippen molar-refractivity contribution in [1.82, 2.24) is 0 Å². The van der Waals surface area contributed by atoms with Crippen LogP contribution in [0.15, 0.2) is 34.1 Å². The highest BCUT2D eigenvalue weighted by Crippen LogP contribution is 2.30. The first kappa shape index (κ1) is 13.7. The van der Waals surface area contributed by atoms with Crippen LogP contribution in [0.5, 0.6) is 0 Å². The lowest BCUT2D eigenvalue weighted by Gasteiger charge is -2.08. The molecule has 0 aromatic heterocycles. The quantitative estimate of drug-likeness (QED) is 0.549. The Kier molecular flexibility index (Phi) is 3.01. The molecular weight excluding hydrogens is 294 g/mol. The first-order valence-corrected chi connectivity index (χ1v) is 7.68. The van der Waals surface area contributed by atoms with E-state index in [0.717, 1.165) is 12.1 Å². The van der Waals surface area contributed by atoms with Gasteiger partial charge in [0.05, 0.1) is 0 Å². The average molecular weight is 302 g/mol. The lowest BCUT2D eigenvalue weighted by atomic mass is 10.1. The summed E-state index contributed by atoms with van der Waals surface area (Å²) in [6.07, 6.45) is 0. The van der Waals surface area contributed by atoms with Crippen LogP contribution in [-0.4, -0.2) is 25.9 Å². The molecule has 2 aromatic rings. The van der Waals surface area contributed by atoms with Crippen LogP contribution in [0.25, 0.3) is 10.8 Å². The van der Waals surface area contributed by atoms with E-state index in [0.29, 0.717) is 0 Å². The molecule has 2 aromatic carbocycles. The highest BCUT2D eigenvalue weighted by molar-refractivity contribution is 7.86. The van der Waals surface area contributed by atoms with Gasteiger partial charge in [-0.25, -0.2) is 0 Å². The van der Waals surface area contributed by atoms with Crippen molar-refractivity contribution in [2.45, 2.75) is 9.79 Å². The highest BCUT2D eigenvalue weighted by atomic mass is 32.2. The van der Waals surface area contributed by atoms with E-state index in [4.69, 9.17) is 14.8 Å². The molecule has 0 atom stereocenters. The van der Waals surface area contributed by atoms with Gasteiger partial charge in [0, 0.05) is 22.5 Å². The van der Waals surface area contributed by atoms with Crippen LogP contribution in [0.2, 0.25) is 0 Å². The smallest absolute Gasteiger partial charge is 0.295 e. The Balaban J connectivity index is 3.07. The van der Waals surface area contributed by atoms with Crippen molar-refractivity contribution in [2.24, 2.45) is 0 Å². The molecule has 0 spiro atoms. The molecule has 0 aliphatic heterocycles. The molecule has 0 bridgehead atoms. The van der Waals surface area contributed by atoms with Gasteiger partial charge < -0.3 is 5.73 Å². The summed E-state index contributed by atoms with van der Waals surface area (Å²) in [5.74, 6) is 0. The zero-order valence-electron chi connectivity index (χ0n) is 9.23. The maximum absolute atomic E-state index is 11.2. The molecule has 0 amide bonds. The lowest BCUT2D eigenvalue weighted by molar-refractivity contribution is 0.481. The minimum Gasteiger partial charge on any atom is -0.398 e. The van der Waals surface area contributed by atoms with Gasteiger partial charge in [0.1, 0.15) is 9.79 Å². The fourth-order valence-electron chi connectivity index (χ4n) is 1.69. The second-order valence-corrected chi connectivity index (χ2v) is 6.50. The monoisotopic (exact) mass is 302 g/mol. The summed E-state index contributed by atoms with van der Waals surface area (Å²) in [5, 5.41) is -0.315. The SMILES string of the molecule is Nc1[c]c2c(S(=O)(=O)O)cccc2c(S(=O)(=O)O)c1. The van der Waals surface area contributed by atoms with Crippen LogP contribution in [0.1, 0.15) is 0 Å². The molecular formula is C10H8NO6S2. The largest absolute Gasteiger partial charge is 0.398 e. The van der Waals surface area contributed by atoms with Crippen LogP contribution in [-0.2, 0) is 20.2 Å². The molecule has 2 rings (SSSR count). The van der Waals surface area contributed by atoms with Crippen LogP contribution in [0.3, 0.4) is 0 Å². The molecule has 0 aliphatic rings. The van der Waals surface area contributed by atoms with Gasteiger partial charge in [-0.05, 0) is 12.1 Å². The average Bonchev–Trinajstić information content (AvgIpc) is 2.24. The molecule has 0 saturated heterocycles. The van der Waals surface area contributed by atoms with Crippen molar-refractivity contribution in [3.8, 4) is 0 Å². The third kappa shape index (κ3) is 2.54. The molecule has 1 radical (unpaired) electrons. The van der Waals surface area contributed by atoms with E-state index in [1.807, 2.05) is 0 Å². The molecule has 0 aliphatic carbocycles. The number of anilines is 1. The van der Waals surface area contributed by atoms with E-state index in [1.54, 1.807) is 0 Å². The summed E-state index contributed by atoms with van der Waals surface area (Å²) >= 11 is 0. The zero-order chi connectivity index (χ0) is 14.4. The number of hydrogen-bond donors (Lipinski definition) is 3. The predicted molar refractivity (Wildman–Crippen MR) is 66.8 cm³/mol. The topological polar surface area (TPSA) is 135 Å². The molecule has 9 heteroatoms. The summed E-state index contributed by atoms with van der Waals surface area (Å²) in [7, 11) is -9.16.